The van der Waals surface area contributed by atoms with Crippen molar-refractivity contribution < 1.29 is 4.80 Å². The third-order valence-electron chi connectivity index (χ3n) is 13.6. The smallest absolute Gasteiger partial charge is 0.196 e. The van der Waals surface area contributed by atoms with Crippen molar-refractivity contribution in [2.45, 2.75) is 328 Å². The molecule has 3 unspecified atom stereocenters. The van der Waals surface area contributed by atoms with Crippen LogP contribution < -0.4 is 0 Å². The van der Waals surface area contributed by atoms with Crippen LogP contribution in [0.1, 0.15) is 311 Å². The fourth-order valence-electron chi connectivity index (χ4n) is 9.56. The maximum absolute atomic E-state index is 12.7. The van der Waals surface area contributed by atoms with E-state index in [1.165, 1.54) is 270 Å². The summed E-state index contributed by atoms with van der Waals surface area (Å²) in [6.07, 6.45) is 59.3. The Hall–Kier alpha value is 0.177. The summed E-state index contributed by atoms with van der Waals surface area (Å²) in [5.41, 5.74) is 1.64. The van der Waals surface area contributed by atoms with E-state index >= 15 is 0 Å². The van der Waals surface area contributed by atoms with Gasteiger partial charge in [0.1, 0.15) is 0 Å². The molecule has 1 nitrogen and oxygen atoms in total. The van der Waals surface area contributed by atoms with Gasteiger partial charge in [0, 0.05) is 0 Å². The average Bonchev–Trinajstić information content (AvgIpc) is 3.16. The summed E-state index contributed by atoms with van der Waals surface area (Å²) in [7, 11) is -2.37. The maximum Gasteiger partial charge on any atom is 0.196 e. The maximum atomic E-state index is 12.7. The number of hydrogen-bond acceptors (Lipinski definition) is 1. The predicted octanol–water partition coefficient (Wildman–Crippen LogP) is 19.5. The van der Waals surface area contributed by atoms with Crippen molar-refractivity contribution in [2.24, 2.45) is 0 Å². The van der Waals surface area contributed by atoms with Crippen LogP contribution in [0.15, 0.2) is 0 Å². The van der Waals surface area contributed by atoms with Crippen LogP contribution in [0.2, 0.25) is 16.6 Å². The van der Waals surface area contributed by atoms with Crippen LogP contribution in [0.3, 0.4) is 0 Å². The summed E-state index contributed by atoms with van der Waals surface area (Å²) in [4.78, 5) is 12.7. The molecule has 0 aliphatic heterocycles. The second kappa shape index (κ2) is 41.8. The highest BCUT2D eigenvalue weighted by Crippen LogP contribution is 2.46. The molecule has 0 aliphatic carbocycles. The highest BCUT2D eigenvalue weighted by Gasteiger charge is 2.46. The van der Waals surface area contributed by atoms with Crippen molar-refractivity contribution in [3.05, 3.63) is 0 Å². The van der Waals surface area contributed by atoms with Crippen molar-refractivity contribution in [1.29, 1.82) is 0 Å². The molecule has 53 heavy (non-hydrogen) atoms. The zero-order valence-corrected chi connectivity index (χ0v) is 39.4. The molecule has 0 aromatic heterocycles. The topological polar surface area (TPSA) is 20.2 Å². The second-order valence-electron chi connectivity index (χ2n) is 18.7. The molecule has 0 saturated heterocycles. The summed E-state index contributed by atoms with van der Waals surface area (Å²) >= 11 is 0. The van der Waals surface area contributed by atoms with Gasteiger partial charge < -0.3 is 4.80 Å². The molecule has 2 heteroatoms. The van der Waals surface area contributed by atoms with Gasteiger partial charge in [0.05, 0.1) is 0 Å². The van der Waals surface area contributed by atoms with E-state index in [1.54, 1.807) is 0 Å². The summed E-state index contributed by atoms with van der Waals surface area (Å²) in [6, 6.07) is 0. The first-order chi connectivity index (χ1) is 25.9. The molecule has 0 saturated carbocycles. The van der Waals surface area contributed by atoms with Gasteiger partial charge in [0.2, 0.25) is 0 Å². The fraction of sp³-hybridized carbons (Fsp3) is 1.00. The Morgan fingerprint density at radius 1 is 0.245 bits per heavy atom. The predicted molar refractivity (Wildman–Crippen MR) is 247 cm³/mol. The lowest BCUT2D eigenvalue weighted by Crippen LogP contribution is -2.47. The minimum atomic E-state index is -2.37. The zero-order valence-electron chi connectivity index (χ0n) is 38.4. The monoisotopic (exact) mass is 763 g/mol. The molecular formula is C51H106OSi. The van der Waals surface area contributed by atoms with Crippen molar-refractivity contribution in [1.82, 2.24) is 0 Å². The van der Waals surface area contributed by atoms with Gasteiger partial charge in [-0.1, -0.05) is 311 Å². The van der Waals surface area contributed by atoms with Crippen LogP contribution in [-0.4, -0.2) is 13.1 Å². The number of rotatable bonds is 45. The minimum Gasteiger partial charge on any atom is -0.431 e. The molecule has 3 atom stereocenters. The van der Waals surface area contributed by atoms with Gasteiger partial charge in [-0.2, -0.15) is 0 Å². The van der Waals surface area contributed by atoms with E-state index in [-0.39, 0.29) is 0 Å². The SMILES string of the molecule is CCCCCCCCCCCCCCCC(C)[Si](O)(C(C)CCCCCCCCCCCCCCC)C(C)CCCCCCCCCCCCCCC. The molecule has 0 amide bonds. The third kappa shape index (κ3) is 32.9. The van der Waals surface area contributed by atoms with E-state index in [4.69, 9.17) is 0 Å². The van der Waals surface area contributed by atoms with E-state index in [9.17, 15) is 4.80 Å². The van der Waals surface area contributed by atoms with Crippen LogP contribution >= 0.6 is 0 Å². The Labute approximate surface area is 339 Å². The first kappa shape index (κ1) is 53.2. The molecule has 0 rings (SSSR count). The van der Waals surface area contributed by atoms with Gasteiger partial charge >= 0.3 is 0 Å². The van der Waals surface area contributed by atoms with E-state index < -0.39 is 8.32 Å². The first-order valence-corrected chi connectivity index (χ1v) is 27.8. The van der Waals surface area contributed by atoms with Gasteiger partial charge in [-0.05, 0) is 16.6 Å². The van der Waals surface area contributed by atoms with Gasteiger partial charge in [-0.25, -0.2) is 0 Å². The van der Waals surface area contributed by atoms with Crippen LogP contribution in [0.5, 0.6) is 0 Å². The van der Waals surface area contributed by atoms with Gasteiger partial charge in [0.15, 0.2) is 8.32 Å². The largest absolute Gasteiger partial charge is 0.431 e. The van der Waals surface area contributed by atoms with Crippen molar-refractivity contribution >= 4 is 8.32 Å². The van der Waals surface area contributed by atoms with Gasteiger partial charge in [0.25, 0.3) is 0 Å². The highest BCUT2D eigenvalue weighted by atomic mass is 28.4. The second-order valence-corrected chi connectivity index (χ2v) is 23.4. The van der Waals surface area contributed by atoms with Crippen LogP contribution in [0.25, 0.3) is 0 Å². The summed E-state index contributed by atoms with van der Waals surface area (Å²) in [5, 5.41) is 0. The molecule has 0 fully saturated rings. The molecule has 0 heterocycles. The molecule has 0 aromatic carbocycles. The Kier molecular flexibility index (Phi) is 41.9. The average molecular weight is 763 g/mol. The van der Waals surface area contributed by atoms with Gasteiger partial charge in [-0.15, -0.1) is 0 Å². The Bertz CT molecular complexity index is 589. The normalized spacial score (nSPS) is 14.8. The van der Waals surface area contributed by atoms with Crippen molar-refractivity contribution in [2.75, 3.05) is 0 Å². The Morgan fingerprint density at radius 2 is 0.377 bits per heavy atom. The molecule has 0 bridgehead atoms. The van der Waals surface area contributed by atoms with E-state index in [1.807, 2.05) is 0 Å². The molecule has 0 radical (unpaired) electrons. The summed E-state index contributed by atoms with van der Waals surface area (Å²) < 4.78 is 0. The Morgan fingerprint density at radius 3 is 0.528 bits per heavy atom. The van der Waals surface area contributed by atoms with E-state index in [0.717, 1.165) is 0 Å². The quantitative estimate of drug-likeness (QED) is 0.0484. The lowest BCUT2D eigenvalue weighted by atomic mass is 10.0. The Balaban J connectivity index is 4.50. The standard InChI is InChI=1S/C51H106OSi/c1-7-10-13-16-19-22-25-28-31-34-37-40-43-46-49(4)53(52,50(5)47-44-41-38-35-32-29-26-23-20-17-14-11-8-2)51(6)48-45-42-39-36-33-30-27-24-21-18-15-12-9-3/h49-52H,7-48H2,1-6H3. The fourth-order valence-corrected chi connectivity index (χ4v) is 14.5. The third-order valence-corrected chi connectivity index (χ3v) is 19.2. The van der Waals surface area contributed by atoms with Crippen LogP contribution in [0.4, 0.5) is 0 Å². The number of unbranched alkanes of at least 4 members (excludes halogenated alkanes) is 36. The molecule has 0 aliphatic rings. The highest BCUT2D eigenvalue weighted by molar-refractivity contribution is 6.76. The van der Waals surface area contributed by atoms with Crippen LogP contribution in [0, 0.1) is 0 Å². The molecule has 320 valence electrons. The first-order valence-electron chi connectivity index (χ1n) is 25.7. The number of hydrogen-bond donors (Lipinski definition) is 1. The zero-order chi connectivity index (χ0) is 38.9. The molecule has 0 aromatic rings. The molecule has 0 spiro atoms. The van der Waals surface area contributed by atoms with Crippen LogP contribution in [-0.2, 0) is 0 Å². The lowest BCUT2D eigenvalue weighted by Gasteiger charge is -2.42. The van der Waals surface area contributed by atoms with Crippen molar-refractivity contribution in [3.63, 3.8) is 0 Å². The lowest BCUT2D eigenvalue weighted by molar-refractivity contribution is 0.419. The molecular weight excluding hydrogens is 657 g/mol. The van der Waals surface area contributed by atoms with Crippen molar-refractivity contribution in [3.8, 4) is 0 Å². The van der Waals surface area contributed by atoms with E-state index in [0.29, 0.717) is 16.6 Å². The summed E-state index contributed by atoms with van der Waals surface area (Å²) in [6.45, 7) is 14.4. The van der Waals surface area contributed by atoms with E-state index in [2.05, 4.69) is 41.5 Å². The minimum absolute atomic E-state index is 0.546. The van der Waals surface area contributed by atoms with Gasteiger partial charge in [-0.3, -0.25) is 0 Å². The summed E-state index contributed by atoms with van der Waals surface area (Å²) in [5.74, 6) is 0. The molecule has 1 N–H and O–H groups in total.